The molecule has 1 fully saturated rings. The smallest absolute Gasteiger partial charge is 0.382 e. The number of halogens is 6. The molecule has 190 valence electrons. The summed E-state index contributed by atoms with van der Waals surface area (Å²) in [6, 6.07) is 4.70. The summed E-state index contributed by atoms with van der Waals surface area (Å²) < 4.78 is 106. The van der Waals surface area contributed by atoms with Crippen molar-refractivity contribution in [2.45, 2.75) is 35.9 Å². The van der Waals surface area contributed by atoms with Crippen LogP contribution in [0.15, 0.2) is 41.4 Å². The number of piperazine rings is 1. The van der Waals surface area contributed by atoms with Gasteiger partial charge in [-0.05, 0) is 31.2 Å². The lowest BCUT2D eigenvalue weighted by molar-refractivity contribution is -0.376. The second-order valence-corrected chi connectivity index (χ2v) is 9.40. The molecule has 0 bridgehead atoms. The average Bonchev–Trinajstić information content (AvgIpc) is 2.77. The number of nitrogens with zero attached hydrogens (tertiary/aromatic N) is 4. The SMILES string of the molecule is CC#CC1CN(S(=O)(=O)c2ccc(N)nn2)CCN1c1ccc(C(O)(C(F)(F)F)C(F)(F)F)cc1. The van der Waals surface area contributed by atoms with Gasteiger partial charge in [0.15, 0.2) is 5.03 Å². The van der Waals surface area contributed by atoms with Crippen LogP contribution in [0, 0.1) is 11.8 Å². The summed E-state index contributed by atoms with van der Waals surface area (Å²) in [5, 5.41) is 16.3. The van der Waals surface area contributed by atoms with Gasteiger partial charge in [0.25, 0.3) is 15.6 Å². The zero-order chi connectivity index (χ0) is 26.2. The third kappa shape index (κ3) is 4.86. The molecule has 1 aromatic heterocycles. The summed E-state index contributed by atoms with van der Waals surface area (Å²) in [5.74, 6) is 5.45. The zero-order valence-electron chi connectivity index (χ0n) is 18.0. The largest absolute Gasteiger partial charge is 0.430 e. The quantitative estimate of drug-likeness (QED) is 0.467. The average molecular weight is 523 g/mol. The number of nitrogen functional groups attached to an aromatic ring is 1. The fourth-order valence-electron chi connectivity index (χ4n) is 3.56. The molecular formula is C20H19F6N5O3S. The van der Waals surface area contributed by atoms with Crippen LogP contribution in [-0.2, 0) is 15.6 Å². The zero-order valence-corrected chi connectivity index (χ0v) is 18.8. The van der Waals surface area contributed by atoms with E-state index in [1.165, 1.54) is 19.1 Å². The van der Waals surface area contributed by atoms with Crippen LogP contribution in [0.3, 0.4) is 0 Å². The highest BCUT2D eigenvalue weighted by Gasteiger charge is 2.71. The van der Waals surface area contributed by atoms with E-state index in [9.17, 15) is 39.9 Å². The summed E-state index contributed by atoms with van der Waals surface area (Å²) in [6.07, 6.45) is -12.0. The first-order valence-electron chi connectivity index (χ1n) is 9.87. The van der Waals surface area contributed by atoms with E-state index in [1.807, 2.05) is 0 Å². The second-order valence-electron chi connectivity index (χ2n) is 7.52. The fourth-order valence-corrected chi connectivity index (χ4v) is 4.87. The number of aliphatic hydroxyl groups is 1. The molecule has 8 nitrogen and oxygen atoms in total. The van der Waals surface area contributed by atoms with Gasteiger partial charge >= 0.3 is 12.4 Å². The van der Waals surface area contributed by atoms with Crippen molar-refractivity contribution >= 4 is 21.5 Å². The molecule has 1 aliphatic rings. The Labute approximate surface area is 196 Å². The van der Waals surface area contributed by atoms with Crippen molar-refractivity contribution in [2.75, 3.05) is 30.3 Å². The van der Waals surface area contributed by atoms with E-state index in [0.29, 0.717) is 12.1 Å². The predicted molar refractivity (Wildman–Crippen MR) is 112 cm³/mol. The van der Waals surface area contributed by atoms with Crippen LogP contribution in [0.1, 0.15) is 12.5 Å². The molecule has 0 radical (unpaired) electrons. The molecule has 1 saturated heterocycles. The van der Waals surface area contributed by atoms with Crippen LogP contribution in [0.5, 0.6) is 0 Å². The molecule has 1 aliphatic heterocycles. The molecule has 3 N–H and O–H groups in total. The molecule has 0 aliphatic carbocycles. The Balaban J connectivity index is 1.89. The normalized spacial score (nSPS) is 18.2. The molecular weight excluding hydrogens is 504 g/mol. The second kappa shape index (κ2) is 9.17. The minimum Gasteiger partial charge on any atom is -0.382 e. The number of hydrogen-bond acceptors (Lipinski definition) is 7. The van der Waals surface area contributed by atoms with Crippen LogP contribution >= 0.6 is 0 Å². The lowest BCUT2D eigenvalue weighted by atomic mass is 9.92. The molecule has 3 rings (SSSR count). The van der Waals surface area contributed by atoms with E-state index in [0.717, 1.165) is 16.4 Å². The van der Waals surface area contributed by atoms with Crippen LogP contribution in [0.2, 0.25) is 0 Å². The van der Waals surface area contributed by atoms with E-state index in [1.54, 1.807) is 4.90 Å². The number of nitrogens with two attached hydrogens (primary N) is 1. The highest BCUT2D eigenvalue weighted by atomic mass is 32.2. The Morgan fingerprint density at radius 3 is 2.09 bits per heavy atom. The maximum Gasteiger partial charge on any atom is 0.430 e. The fraction of sp³-hybridized carbons (Fsp3) is 0.400. The van der Waals surface area contributed by atoms with Gasteiger partial charge < -0.3 is 15.7 Å². The Hall–Kier alpha value is -3.09. The van der Waals surface area contributed by atoms with Crippen molar-refractivity contribution < 1.29 is 39.9 Å². The topological polar surface area (TPSA) is 113 Å². The molecule has 0 spiro atoms. The van der Waals surface area contributed by atoms with Crippen LogP contribution < -0.4 is 10.6 Å². The van der Waals surface area contributed by atoms with E-state index in [4.69, 9.17) is 5.73 Å². The maximum atomic E-state index is 13.1. The minimum atomic E-state index is -6.01. The first-order valence-corrected chi connectivity index (χ1v) is 11.3. The summed E-state index contributed by atoms with van der Waals surface area (Å²) >= 11 is 0. The van der Waals surface area contributed by atoms with Gasteiger partial charge in [-0.1, -0.05) is 18.1 Å². The van der Waals surface area contributed by atoms with Gasteiger partial charge in [-0.2, -0.15) is 30.6 Å². The van der Waals surface area contributed by atoms with Gasteiger partial charge in [-0.15, -0.1) is 16.1 Å². The van der Waals surface area contributed by atoms with Gasteiger partial charge in [0.05, 0.1) is 0 Å². The molecule has 1 atom stereocenters. The molecule has 35 heavy (non-hydrogen) atoms. The molecule has 0 amide bonds. The molecule has 0 saturated carbocycles. The van der Waals surface area contributed by atoms with Gasteiger partial charge in [-0.25, -0.2) is 8.42 Å². The number of aromatic nitrogens is 2. The van der Waals surface area contributed by atoms with Gasteiger partial charge in [0.1, 0.15) is 11.9 Å². The number of anilines is 2. The van der Waals surface area contributed by atoms with E-state index < -0.39 is 39.6 Å². The predicted octanol–water partition coefficient (Wildman–Crippen LogP) is 2.27. The van der Waals surface area contributed by atoms with Crippen LogP contribution in [-0.4, -0.2) is 66.1 Å². The lowest BCUT2D eigenvalue weighted by Crippen LogP contribution is -2.55. The molecule has 1 aromatic carbocycles. The number of rotatable bonds is 4. The van der Waals surface area contributed by atoms with Crippen molar-refractivity contribution in [1.29, 1.82) is 0 Å². The number of hydrogen-bond donors (Lipinski definition) is 2. The number of benzene rings is 1. The van der Waals surface area contributed by atoms with Crippen molar-refractivity contribution in [3.63, 3.8) is 0 Å². The van der Waals surface area contributed by atoms with Gasteiger partial charge in [0.2, 0.25) is 0 Å². The molecule has 2 aromatic rings. The summed E-state index contributed by atoms with van der Waals surface area (Å²) in [5.41, 5.74) is -0.826. The Bertz CT molecular complexity index is 1210. The first-order chi connectivity index (χ1) is 16.1. The van der Waals surface area contributed by atoms with Crippen LogP contribution in [0.4, 0.5) is 37.8 Å². The van der Waals surface area contributed by atoms with E-state index in [2.05, 4.69) is 22.0 Å². The summed E-state index contributed by atoms with van der Waals surface area (Å²) in [4.78, 5) is 1.54. The number of alkyl halides is 6. The molecule has 1 unspecified atom stereocenters. The van der Waals surface area contributed by atoms with Crippen molar-refractivity contribution in [2.24, 2.45) is 0 Å². The van der Waals surface area contributed by atoms with Crippen LogP contribution in [0.25, 0.3) is 0 Å². The Morgan fingerprint density at radius 2 is 1.60 bits per heavy atom. The summed E-state index contributed by atoms with van der Waals surface area (Å²) in [6.45, 7) is 1.27. The highest BCUT2D eigenvalue weighted by molar-refractivity contribution is 7.89. The van der Waals surface area contributed by atoms with Crippen molar-refractivity contribution in [3.8, 4) is 11.8 Å². The lowest BCUT2D eigenvalue weighted by Gasteiger charge is -2.40. The van der Waals surface area contributed by atoms with Gasteiger partial charge in [0, 0.05) is 30.9 Å². The van der Waals surface area contributed by atoms with E-state index >= 15 is 0 Å². The summed E-state index contributed by atoms with van der Waals surface area (Å²) in [7, 11) is -4.07. The third-order valence-corrected chi connectivity index (χ3v) is 7.11. The standard InChI is InChI=1S/C20H19F6N5O3S/c1-2-3-15-12-30(35(33,34)17-9-8-16(27)28-29-17)10-11-31(15)14-6-4-13(5-7-14)18(32,19(21,22)23)20(24,25)26/h4-9,15,32H,10-12H2,1H3,(H2,27,28). The Kier molecular flexibility index (Phi) is 6.95. The van der Waals surface area contributed by atoms with E-state index in [-0.39, 0.29) is 36.2 Å². The van der Waals surface area contributed by atoms with Gasteiger partial charge in [-0.3, -0.25) is 0 Å². The van der Waals surface area contributed by atoms with Crippen molar-refractivity contribution in [3.05, 3.63) is 42.0 Å². The third-order valence-electron chi connectivity index (χ3n) is 5.36. The minimum absolute atomic E-state index is 0.0170. The molecule has 2 heterocycles. The monoisotopic (exact) mass is 523 g/mol. The Morgan fingerprint density at radius 1 is 1.00 bits per heavy atom. The van der Waals surface area contributed by atoms with Crippen molar-refractivity contribution in [1.82, 2.24) is 14.5 Å². The maximum absolute atomic E-state index is 13.1. The first kappa shape index (κ1) is 26.5. The number of sulfonamides is 1. The molecule has 15 heteroatoms. The highest BCUT2D eigenvalue weighted by Crippen LogP contribution is 2.50.